The number of rotatable bonds is 19. The minimum atomic E-state index is -4.28. The summed E-state index contributed by atoms with van der Waals surface area (Å²) in [5.41, 5.74) is 0.893. The average molecular weight is 522 g/mol. The molecule has 0 fully saturated rings. The standard InChI is InChI=1S/C26H45NO6S.Na/c1-4-5-6-7-8-9-10-11-12-13-15-25(23-16-18-24(19-17-23)32-22(2)3)33-26(28)27-20-14-21-34(29,30)31;/h16-19,22,25H,4-15,20-21H2,1-3H3,(H,27,28)(H,29,30,31);/q;+1/p-1. The first-order valence-electron chi connectivity index (χ1n) is 12.9. The van der Waals surface area contributed by atoms with Gasteiger partial charge in [-0.2, -0.15) is 0 Å². The molecule has 1 amide bonds. The third-order valence-electron chi connectivity index (χ3n) is 5.53. The zero-order valence-corrected chi connectivity index (χ0v) is 25.0. The van der Waals surface area contributed by atoms with Crippen molar-refractivity contribution in [2.45, 2.75) is 110 Å². The number of nitrogens with one attached hydrogen (secondary N) is 1. The number of carbonyl (C=O) groups excluding carboxylic acids is 1. The van der Waals surface area contributed by atoms with Crippen LogP contribution in [0.3, 0.4) is 0 Å². The van der Waals surface area contributed by atoms with Crippen molar-refractivity contribution in [3.05, 3.63) is 29.8 Å². The van der Waals surface area contributed by atoms with Gasteiger partial charge in [-0.25, -0.2) is 13.2 Å². The zero-order valence-electron chi connectivity index (χ0n) is 22.2. The van der Waals surface area contributed by atoms with E-state index in [0.717, 1.165) is 24.2 Å². The molecule has 7 nitrogen and oxygen atoms in total. The van der Waals surface area contributed by atoms with Gasteiger partial charge in [0, 0.05) is 12.3 Å². The monoisotopic (exact) mass is 521 g/mol. The number of amides is 1. The molecule has 1 aromatic rings. The van der Waals surface area contributed by atoms with Crippen molar-refractivity contribution < 1.29 is 56.8 Å². The molecule has 0 spiro atoms. The summed E-state index contributed by atoms with van der Waals surface area (Å²) in [5.74, 6) is 0.256. The van der Waals surface area contributed by atoms with E-state index >= 15 is 0 Å². The van der Waals surface area contributed by atoms with Crippen molar-refractivity contribution >= 4 is 16.2 Å². The van der Waals surface area contributed by atoms with Gasteiger partial charge in [0.15, 0.2) is 0 Å². The Morgan fingerprint density at radius 2 is 1.46 bits per heavy atom. The topological polar surface area (TPSA) is 105 Å². The molecule has 0 aliphatic rings. The number of hydrogen-bond acceptors (Lipinski definition) is 6. The van der Waals surface area contributed by atoms with Gasteiger partial charge in [-0.3, -0.25) is 0 Å². The summed E-state index contributed by atoms with van der Waals surface area (Å²) < 4.78 is 43.4. The molecule has 9 heteroatoms. The first-order chi connectivity index (χ1) is 16.2. The fourth-order valence-corrected chi connectivity index (χ4v) is 4.25. The van der Waals surface area contributed by atoms with E-state index in [1.165, 1.54) is 51.4 Å². The van der Waals surface area contributed by atoms with Crippen LogP contribution in [0.15, 0.2) is 24.3 Å². The van der Waals surface area contributed by atoms with Gasteiger partial charge >= 0.3 is 35.7 Å². The first kappa shape index (κ1) is 34.2. The number of benzene rings is 1. The number of carbonyl (C=O) groups is 1. The summed E-state index contributed by atoms with van der Waals surface area (Å²) in [6.45, 7) is 6.24. The maximum Gasteiger partial charge on any atom is 1.00 e. The van der Waals surface area contributed by atoms with Crippen LogP contribution >= 0.6 is 0 Å². The number of hydrogen-bond donors (Lipinski definition) is 1. The predicted molar refractivity (Wildman–Crippen MR) is 135 cm³/mol. The van der Waals surface area contributed by atoms with Crippen molar-refractivity contribution in [3.8, 4) is 5.75 Å². The van der Waals surface area contributed by atoms with Gasteiger partial charge in [0.05, 0.1) is 16.2 Å². The van der Waals surface area contributed by atoms with Gasteiger partial charge in [-0.15, -0.1) is 0 Å². The van der Waals surface area contributed by atoms with Gasteiger partial charge in [0.25, 0.3) is 0 Å². The second-order valence-electron chi connectivity index (χ2n) is 9.14. The number of unbranched alkanes of at least 4 members (excludes halogenated alkanes) is 9. The molecule has 0 saturated carbocycles. The summed E-state index contributed by atoms with van der Waals surface area (Å²) in [7, 11) is -4.28. The second kappa shape index (κ2) is 20.3. The summed E-state index contributed by atoms with van der Waals surface area (Å²) in [6, 6.07) is 7.58. The Kier molecular flexibility index (Phi) is 19.8. The van der Waals surface area contributed by atoms with Crippen molar-refractivity contribution in [1.82, 2.24) is 5.32 Å². The molecule has 1 atom stereocenters. The fraction of sp³-hybridized carbons (Fsp3) is 0.731. The molecule has 35 heavy (non-hydrogen) atoms. The van der Waals surface area contributed by atoms with Gasteiger partial charge in [0.2, 0.25) is 0 Å². The molecule has 0 radical (unpaired) electrons. The van der Waals surface area contributed by atoms with Crippen molar-refractivity contribution in [3.63, 3.8) is 0 Å². The Morgan fingerprint density at radius 3 is 1.97 bits per heavy atom. The molecule has 0 heterocycles. The first-order valence-corrected chi connectivity index (χ1v) is 14.4. The van der Waals surface area contributed by atoms with Crippen LogP contribution in [0.2, 0.25) is 0 Å². The van der Waals surface area contributed by atoms with Crippen LogP contribution in [0.1, 0.15) is 109 Å². The smallest absolute Gasteiger partial charge is 0.748 e. The van der Waals surface area contributed by atoms with E-state index in [1.54, 1.807) is 0 Å². The van der Waals surface area contributed by atoms with Gasteiger partial charge in [-0.05, 0) is 50.8 Å². The average Bonchev–Trinajstić information content (AvgIpc) is 2.77. The Labute approximate surface area is 235 Å². The summed E-state index contributed by atoms with van der Waals surface area (Å²) >= 11 is 0. The fourth-order valence-electron chi connectivity index (χ4n) is 3.75. The van der Waals surface area contributed by atoms with Crippen molar-refractivity contribution in [2.75, 3.05) is 12.3 Å². The molecule has 196 valence electrons. The van der Waals surface area contributed by atoms with E-state index in [0.29, 0.717) is 6.42 Å². The molecule has 0 aliphatic carbocycles. The van der Waals surface area contributed by atoms with E-state index in [2.05, 4.69) is 12.2 Å². The Bertz CT molecular complexity index is 771. The van der Waals surface area contributed by atoms with Gasteiger partial charge in [0.1, 0.15) is 11.9 Å². The molecule has 0 aromatic heterocycles. The van der Waals surface area contributed by atoms with E-state index < -0.39 is 28.1 Å². The Morgan fingerprint density at radius 1 is 0.914 bits per heavy atom. The van der Waals surface area contributed by atoms with E-state index in [9.17, 15) is 17.8 Å². The predicted octanol–water partition coefficient (Wildman–Crippen LogP) is 3.49. The van der Waals surface area contributed by atoms with Gasteiger partial charge in [-0.1, -0.05) is 76.8 Å². The van der Waals surface area contributed by atoms with Crippen LogP contribution in [0.4, 0.5) is 4.79 Å². The summed E-state index contributed by atoms with van der Waals surface area (Å²) in [5, 5.41) is 2.54. The third-order valence-corrected chi connectivity index (χ3v) is 6.32. The molecule has 1 rings (SSSR count). The molecule has 0 aliphatic heterocycles. The number of ether oxygens (including phenoxy) is 2. The maximum absolute atomic E-state index is 12.3. The molecule has 0 bridgehead atoms. The molecule has 0 saturated heterocycles. The Balaban J connectivity index is 0.0000116. The van der Waals surface area contributed by atoms with Crippen molar-refractivity contribution in [2.24, 2.45) is 0 Å². The third kappa shape index (κ3) is 19.0. The quantitative estimate of drug-likeness (QED) is 0.170. The maximum atomic E-state index is 12.3. The number of alkyl carbamates (subject to hydrolysis) is 1. The minimum Gasteiger partial charge on any atom is -0.748 e. The summed E-state index contributed by atoms with van der Waals surface area (Å²) in [6.07, 6.45) is 12.2. The van der Waals surface area contributed by atoms with Crippen LogP contribution in [-0.4, -0.2) is 37.5 Å². The van der Waals surface area contributed by atoms with E-state index in [1.807, 2.05) is 38.1 Å². The van der Waals surface area contributed by atoms with Gasteiger partial charge < -0.3 is 19.3 Å². The van der Waals surface area contributed by atoms with Crippen molar-refractivity contribution in [1.29, 1.82) is 0 Å². The molecular weight excluding hydrogens is 477 g/mol. The minimum absolute atomic E-state index is 0. The second-order valence-corrected chi connectivity index (χ2v) is 10.7. The molecule has 1 unspecified atom stereocenters. The van der Waals surface area contributed by atoms with Crippen LogP contribution in [0, 0.1) is 0 Å². The molecule has 1 aromatic carbocycles. The Hall–Kier alpha value is -0.800. The SMILES string of the molecule is CCCCCCCCCCCCC(OC(=O)NCCCS(=O)(=O)[O-])c1ccc(OC(C)C)cc1.[Na+]. The van der Waals surface area contributed by atoms with Crippen LogP contribution < -0.4 is 39.6 Å². The molecular formula is C26H44NNaO6S. The van der Waals surface area contributed by atoms with E-state index in [4.69, 9.17) is 9.47 Å². The normalized spacial score (nSPS) is 12.1. The largest absolute Gasteiger partial charge is 1.00 e. The van der Waals surface area contributed by atoms with Crippen LogP contribution in [0.25, 0.3) is 0 Å². The summed E-state index contributed by atoms with van der Waals surface area (Å²) in [4.78, 5) is 12.3. The van der Waals surface area contributed by atoms with E-state index in [-0.39, 0.29) is 48.6 Å². The zero-order chi connectivity index (χ0) is 25.2. The van der Waals surface area contributed by atoms with Crippen LogP contribution in [-0.2, 0) is 14.9 Å². The van der Waals surface area contributed by atoms with Crippen LogP contribution in [0.5, 0.6) is 5.75 Å². The molecule has 1 N–H and O–H groups in total.